The van der Waals surface area contributed by atoms with E-state index in [1.54, 1.807) is 31.8 Å². The molecule has 0 aliphatic carbocycles. The van der Waals surface area contributed by atoms with Gasteiger partial charge in [0.15, 0.2) is 11.5 Å². The van der Waals surface area contributed by atoms with Crippen LogP contribution in [0.3, 0.4) is 0 Å². The largest absolute Gasteiger partial charge is 0.493 e. The molecule has 0 radical (unpaired) electrons. The first kappa shape index (κ1) is 11.9. The fourth-order valence-corrected chi connectivity index (χ4v) is 2.40. The van der Waals surface area contributed by atoms with Gasteiger partial charge in [0.2, 0.25) is 0 Å². The average Bonchev–Trinajstić information content (AvgIpc) is 2.86. The van der Waals surface area contributed by atoms with E-state index in [4.69, 9.17) is 15.2 Å². The van der Waals surface area contributed by atoms with Gasteiger partial charge in [0, 0.05) is 17.6 Å². The van der Waals surface area contributed by atoms with Crippen molar-refractivity contribution in [3.63, 3.8) is 0 Å². The molecule has 0 aliphatic rings. The number of nitrogens with zero attached hydrogens (tertiary/aromatic N) is 1. The Morgan fingerprint density at radius 1 is 1.29 bits per heavy atom. The fourth-order valence-electron chi connectivity index (χ4n) is 1.58. The van der Waals surface area contributed by atoms with Crippen LogP contribution in [0.2, 0.25) is 0 Å². The average molecular weight is 250 g/mol. The van der Waals surface area contributed by atoms with E-state index in [1.165, 1.54) is 0 Å². The van der Waals surface area contributed by atoms with Gasteiger partial charge in [0.25, 0.3) is 0 Å². The van der Waals surface area contributed by atoms with E-state index in [0.29, 0.717) is 18.0 Å². The zero-order valence-electron chi connectivity index (χ0n) is 9.77. The Morgan fingerprint density at radius 2 is 2.12 bits per heavy atom. The summed E-state index contributed by atoms with van der Waals surface area (Å²) in [6.07, 6.45) is 1.79. The van der Waals surface area contributed by atoms with Crippen molar-refractivity contribution in [3.05, 3.63) is 29.3 Å². The van der Waals surface area contributed by atoms with Gasteiger partial charge in [0.05, 0.1) is 19.8 Å². The Morgan fingerprint density at radius 3 is 2.71 bits per heavy atom. The number of rotatable bonds is 4. The lowest BCUT2D eigenvalue weighted by atomic mass is 10.2. The molecule has 0 saturated carbocycles. The van der Waals surface area contributed by atoms with Crippen LogP contribution in [0.25, 0.3) is 10.6 Å². The van der Waals surface area contributed by atoms with E-state index in [9.17, 15) is 0 Å². The van der Waals surface area contributed by atoms with Crippen molar-refractivity contribution in [2.75, 3.05) is 14.2 Å². The summed E-state index contributed by atoms with van der Waals surface area (Å²) in [5.74, 6) is 1.41. The van der Waals surface area contributed by atoms with Gasteiger partial charge >= 0.3 is 0 Å². The lowest BCUT2D eigenvalue weighted by Crippen LogP contribution is -1.92. The molecule has 1 aromatic carbocycles. The minimum atomic E-state index is 0.504. The highest BCUT2D eigenvalue weighted by Gasteiger charge is 2.13. The zero-order valence-corrected chi connectivity index (χ0v) is 10.6. The number of hydrogen-bond acceptors (Lipinski definition) is 5. The Kier molecular flexibility index (Phi) is 3.61. The first-order valence-electron chi connectivity index (χ1n) is 5.16. The summed E-state index contributed by atoms with van der Waals surface area (Å²) >= 11 is 1.56. The first-order valence-corrected chi connectivity index (χ1v) is 5.98. The normalized spacial score (nSPS) is 10.3. The predicted molar refractivity (Wildman–Crippen MR) is 68.5 cm³/mol. The summed E-state index contributed by atoms with van der Waals surface area (Å²) in [6, 6.07) is 5.74. The van der Waals surface area contributed by atoms with Gasteiger partial charge in [-0.15, -0.1) is 11.3 Å². The molecular weight excluding hydrogens is 236 g/mol. The highest BCUT2D eigenvalue weighted by Crippen LogP contribution is 2.39. The van der Waals surface area contributed by atoms with Gasteiger partial charge in [-0.3, -0.25) is 0 Å². The monoisotopic (exact) mass is 250 g/mol. The van der Waals surface area contributed by atoms with Crippen molar-refractivity contribution < 1.29 is 9.47 Å². The standard InChI is InChI=1S/C12H14N2O2S/c1-15-10-5-3-4-9(11(10)16-2)12-14-7-8(6-13)17-12/h3-5,7H,6,13H2,1-2H3. The molecule has 2 rings (SSSR count). The molecule has 0 aliphatic heterocycles. The molecule has 5 heteroatoms. The number of thiazole rings is 1. The molecule has 0 fully saturated rings. The maximum Gasteiger partial charge on any atom is 0.170 e. The van der Waals surface area contributed by atoms with Crippen molar-refractivity contribution in [1.29, 1.82) is 0 Å². The number of ether oxygens (including phenoxy) is 2. The van der Waals surface area contributed by atoms with Crippen LogP contribution in [0.4, 0.5) is 0 Å². The van der Waals surface area contributed by atoms with Crippen LogP contribution in [0, 0.1) is 0 Å². The second kappa shape index (κ2) is 5.16. The van der Waals surface area contributed by atoms with E-state index in [2.05, 4.69) is 4.98 Å². The molecule has 90 valence electrons. The molecule has 0 atom stereocenters. The molecule has 1 heterocycles. The van der Waals surface area contributed by atoms with E-state index in [-0.39, 0.29) is 0 Å². The Labute approximate surface area is 104 Å². The second-order valence-electron chi connectivity index (χ2n) is 3.38. The minimum Gasteiger partial charge on any atom is -0.493 e. The van der Waals surface area contributed by atoms with E-state index in [0.717, 1.165) is 15.4 Å². The Balaban J connectivity index is 2.50. The van der Waals surface area contributed by atoms with Crippen molar-refractivity contribution >= 4 is 11.3 Å². The highest BCUT2D eigenvalue weighted by molar-refractivity contribution is 7.15. The van der Waals surface area contributed by atoms with Crippen LogP contribution in [0.1, 0.15) is 4.88 Å². The van der Waals surface area contributed by atoms with Gasteiger partial charge in [0.1, 0.15) is 5.01 Å². The fraction of sp³-hybridized carbons (Fsp3) is 0.250. The highest BCUT2D eigenvalue weighted by atomic mass is 32.1. The topological polar surface area (TPSA) is 57.4 Å². The molecule has 0 amide bonds. The number of para-hydroxylation sites is 1. The number of benzene rings is 1. The summed E-state index contributed by atoms with van der Waals surface area (Å²) < 4.78 is 10.6. The van der Waals surface area contributed by atoms with Crippen LogP contribution in [0.15, 0.2) is 24.4 Å². The van der Waals surface area contributed by atoms with Gasteiger partial charge in [-0.05, 0) is 12.1 Å². The SMILES string of the molecule is COc1cccc(-c2ncc(CN)s2)c1OC. The van der Waals surface area contributed by atoms with E-state index < -0.39 is 0 Å². The maximum absolute atomic E-state index is 5.58. The van der Waals surface area contributed by atoms with Crippen molar-refractivity contribution in [2.45, 2.75) is 6.54 Å². The van der Waals surface area contributed by atoms with Crippen LogP contribution in [-0.2, 0) is 6.54 Å². The molecule has 0 saturated heterocycles. The number of aromatic nitrogens is 1. The Bertz CT molecular complexity index is 511. The van der Waals surface area contributed by atoms with Crippen LogP contribution in [-0.4, -0.2) is 19.2 Å². The van der Waals surface area contributed by atoms with Crippen molar-refractivity contribution in [1.82, 2.24) is 4.98 Å². The molecular formula is C12H14N2O2S. The first-order chi connectivity index (χ1) is 8.30. The second-order valence-corrected chi connectivity index (χ2v) is 4.49. The van der Waals surface area contributed by atoms with Gasteiger partial charge < -0.3 is 15.2 Å². The van der Waals surface area contributed by atoms with Crippen LogP contribution in [0.5, 0.6) is 11.5 Å². The molecule has 17 heavy (non-hydrogen) atoms. The molecule has 1 aromatic heterocycles. The third kappa shape index (κ3) is 2.25. The lowest BCUT2D eigenvalue weighted by Gasteiger charge is -2.10. The van der Waals surface area contributed by atoms with Gasteiger partial charge in [-0.25, -0.2) is 4.98 Å². The maximum atomic E-state index is 5.58. The summed E-state index contributed by atoms with van der Waals surface area (Å²) in [6.45, 7) is 0.504. The summed E-state index contributed by atoms with van der Waals surface area (Å²) in [7, 11) is 3.24. The van der Waals surface area contributed by atoms with Gasteiger partial charge in [-0.1, -0.05) is 6.07 Å². The van der Waals surface area contributed by atoms with E-state index >= 15 is 0 Å². The van der Waals surface area contributed by atoms with Crippen LogP contribution >= 0.6 is 11.3 Å². The Hall–Kier alpha value is -1.59. The lowest BCUT2D eigenvalue weighted by molar-refractivity contribution is 0.356. The molecule has 2 aromatic rings. The van der Waals surface area contributed by atoms with Crippen molar-refractivity contribution in [3.8, 4) is 22.1 Å². The number of hydrogen-bond donors (Lipinski definition) is 1. The molecule has 0 spiro atoms. The summed E-state index contributed by atoms with van der Waals surface area (Å²) in [5.41, 5.74) is 6.51. The number of nitrogens with two attached hydrogens (primary N) is 1. The minimum absolute atomic E-state index is 0.504. The smallest absolute Gasteiger partial charge is 0.170 e. The van der Waals surface area contributed by atoms with Crippen LogP contribution < -0.4 is 15.2 Å². The van der Waals surface area contributed by atoms with Gasteiger partial charge in [-0.2, -0.15) is 0 Å². The quantitative estimate of drug-likeness (QED) is 0.904. The van der Waals surface area contributed by atoms with E-state index in [1.807, 2.05) is 18.2 Å². The molecule has 0 bridgehead atoms. The predicted octanol–water partition coefficient (Wildman–Crippen LogP) is 2.29. The molecule has 2 N–H and O–H groups in total. The zero-order chi connectivity index (χ0) is 12.3. The number of methoxy groups -OCH3 is 2. The molecule has 0 unspecified atom stereocenters. The van der Waals surface area contributed by atoms with Crippen molar-refractivity contribution in [2.24, 2.45) is 5.73 Å². The third-order valence-electron chi connectivity index (χ3n) is 2.39. The third-order valence-corrected chi connectivity index (χ3v) is 3.44. The summed E-state index contributed by atoms with van der Waals surface area (Å²) in [4.78, 5) is 5.39. The molecule has 4 nitrogen and oxygen atoms in total. The summed E-state index contributed by atoms with van der Waals surface area (Å²) in [5, 5.41) is 0.890.